The first kappa shape index (κ1) is 11.5. The highest BCUT2D eigenvalue weighted by atomic mass is 16.1. The largest absolute Gasteiger partial charge is 0.335 e. The lowest BCUT2D eigenvalue weighted by molar-refractivity contribution is 0.0914. The maximum atomic E-state index is 11.8. The molecule has 6 heteroatoms. The second kappa shape index (κ2) is 3.81. The minimum atomic E-state index is -0.758. The van der Waals surface area contributed by atoms with E-state index in [0.29, 0.717) is 11.2 Å². The third-order valence-corrected chi connectivity index (χ3v) is 2.13. The molecule has 0 bridgehead atoms. The molecule has 90 valence electrons. The fourth-order valence-corrected chi connectivity index (χ4v) is 1.48. The number of aryl methyl sites for hydroxylation is 1. The van der Waals surface area contributed by atoms with Crippen molar-refractivity contribution in [3.63, 3.8) is 0 Å². The second-order valence-corrected chi connectivity index (χ2v) is 4.61. The predicted octanol–water partition coefficient (Wildman–Crippen LogP) is 0.462. The van der Waals surface area contributed by atoms with E-state index in [4.69, 9.17) is 5.73 Å². The Balaban J connectivity index is 2.33. The first-order chi connectivity index (χ1) is 7.85. The molecule has 0 aliphatic carbocycles. The monoisotopic (exact) mass is 233 g/mol. The van der Waals surface area contributed by atoms with Crippen molar-refractivity contribution in [3.05, 3.63) is 29.7 Å². The van der Waals surface area contributed by atoms with E-state index in [1.165, 1.54) is 6.20 Å². The van der Waals surface area contributed by atoms with Crippen LogP contribution in [-0.4, -0.2) is 26.2 Å². The minimum absolute atomic E-state index is 0.264. The lowest BCUT2D eigenvalue weighted by Gasteiger charge is -2.20. The van der Waals surface area contributed by atoms with Crippen molar-refractivity contribution < 1.29 is 4.79 Å². The summed E-state index contributed by atoms with van der Waals surface area (Å²) >= 11 is 0. The average Bonchev–Trinajstić information content (AvgIpc) is 2.53. The van der Waals surface area contributed by atoms with Crippen molar-refractivity contribution in [1.29, 1.82) is 0 Å². The first-order valence-corrected chi connectivity index (χ1v) is 5.28. The van der Waals surface area contributed by atoms with Gasteiger partial charge in [-0.25, -0.2) is 9.50 Å². The summed E-state index contributed by atoms with van der Waals surface area (Å²) in [5.74, 6) is -0.264. The number of nitrogens with zero attached hydrogens (tertiary/aromatic N) is 3. The highest BCUT2D eigenvalue weighted by Crippen LogP contribution is 2.05. The fraction of sp³-hybridized carbons (Fsp3) is 0.364. The molecule has 0 aliphatic heterocycles. The normalized spacial score (nSPS) is 11.8. The van der Waals surface area contributed by atoms with E-state index in [1.807, 2.05) is 13.0 Å². The zero-order chi connectivity index (χ0) is 12.6. The van der Waals surface area contributed by atoms with Gasteiger partial charge in [0, 0.05) is 18.5 Å². The second-order valence-electron chi connectivity index (χ2n) is 4.61. The van der Waals surface area contributed by atoms with Crippen molar-refractivity contribution >= 4 is 11.6 Å². The summed E-state index contributed by atoms with van der Waals surface area (Å²) in [6, 6.07) is 1.84. The molecule has 0 atom stereocenters. The quantitative estimate of drug-likeness (QED) is 0.738. The molecule has 2 aromatic heterocycles. The van der Waals surface area contributed by atoms with Crippen molar-refractivity contribution in [3.8, 4) is 0 Å². The van der Waals surface area contributed by atoms with Gasteiger partial charge in [-0.2, -0.15) is 5.10 Å². The Morgan fingerprint density at radius 2 is 2.24 bits per heavy atom. The number of carbonyl (C=O) groups is 1. The molecule has 0 saturated carbocycles. The van der Waals surface area contributed by atoms with E-state index in [-0.39, 0.29) is 5.91 Å². The van der Waals surface area contributed by atoms with Crippen LogP contribution < -0.4 is 11.1 Å². The van der Waals surface area contributed by atoms with Crippen molar-refractivity contribution in [2.75, 3.05) is 0 Å². The van der Waals surface area contributed by atoms with E-state index in [0.717, 1.165) is 5.69 Å². The van der Waals surface area contributed by atoms with E-state index >= 15 is 0 Å². The zero-order valence-corrected chi connectivity index (χ0v) is 10.1. The molecule has 0 spiro atoms. The number of nitrogens with one attached hydrogen (secondary N) is 1. The summed E-state index contributed by atoms with van der Waals surface area (Å²) in [5.41, 5.74) is 6.96. The van der Waals surface area contributed by atoms with E-state index in [9.17, 15) is 4.79 Å². The fourth-order valence-electron chi connectivity index (χ4n) is 1.48. The number of rotatable bonds is 2. The molecule has 3 N–H and O–H groups in total. The predicted molar refractivity (Wildman–Crippen MR) is 63.5 cm³/mol. The van der Waals surface area contributed by atoms with Crippen molar-refractivity contribution in [2.45, 2.75) is 26.4 Å². The SMILES string of the molecule is Cc1cc2ncc(C(=O)NC(C)(C)N)cn2n1. The summed E-state index contributed by atoms with van der Waals surface area (Å²) in [6.45, 7) is 5.31. The smallest absolute Gasteiger partial charge is 0.255 e. The number of hydrogen-bond donors (Lipinski definition) is 2. The van der Waals surface area contributed by atoms with Gasteiger partial charge in [-0.15, -0.1) is 0 Å². The molecule has 0 aromatic carbocycles. The summed E-state index contributed by atoms with van der Waals surface area (Å²) in [5, 5.41) is 6.86. The molecule has 6 nitrogen and oxygen atoms in total. The third kappa shape index (κ3) is 2.59. The molecule has 1 amide bonds. The highest BCUT2D eigenvalue weighted by molar-refractivity contribution is 5.94. The van der Waals surface area contributed by atoms with Gasteiger partial charge < -0.3 is 11.1 Å². The van der Waals surface area contributed by atoms with E-state index in [2.05, 4.69) is 15.4 Å². The van der Waals surface area contributed by atoms with Gasteiger partial charge in [0.2, 0.25) is 0 Å². The molecule has 0 aliphatic rings. The van der Waals surface area contributed by atoms with Gasteiger partial charge >= 0.3 is 0 Å². The topological polar surface area (TPSA) is 85.3 Å². The van der Waals surface area contributed by atoms with Crippen LogP contribution in [0.3, 0.4) is 0 Å². The molecule has 0 saturated heterocycles. The maximum absolute atomic E-state index is 11.8. The molecular formula is C11H15N5O. The van der Waals surface area contributed by atoms with E-state index < -0.39 is 5.66 Å². The van der Waals surface area contributed by atoms with Gasteiger partial charge in [-0.3, -0.25) is 4.79 Å². The van der Waals surface area contributed by atoms with Crippen LogP contribution >= 0.6 is 0 Å². The van der Waals surface area contributed by atoms with Gasteiger partial charge in [0.05, 0.1) is 16.9 Å². The number of amides is 1. The summed E-state index contributed by atoms with van der Waals surface area (Å²) < 4.78 is 1.58. The number of nitrogens with two attached hydrogens (primary N) is 1. The number of carbonyl (C=O) groups excluding carboxylic acids is 1. The van der Waals surface area contributed by atoms with Crippen LogP contribution in [0, 0.1) is 6.92 Å². The number of aromatic nitrogens is 3. The third-order valence-electron chi connectivity index (χ3n) is 2.13. The van der Waals surface area contributed by atoms with Crippen molar-refractivity contribution in [2.24, 2.45) is 5.73 Å². The number of fused-ring (bicyclic) bond motifs is 1. The van der Waals surface area contributed by atoms with Crippen molar-refractivity contribution in [1.82, 2.24) is 19.9 Å². The molecule has 2 aromatic rings. The van der Waals surface area contributed by atoms with Crippen LogP contribution in [0.25, 0.3) is 5.65 Å². The molecule has 0 fully saturated rings. The molecule has 2 heterocycles. The zero-order valence-electron chi connectivity index (χ0n) is 10.1. The van der Waals surface area contributed by atoms with Crippen LogP contribution in [0.4, 0.5) is 0 Å². The van der Waals surface area contributed by atoms with Gasteiger partial charge in [0.1, 0.15) is 0 Å². The molecular weight excluding hydrogens is 218 g/mol. The lowest BCUT2D eigenvalue weighted by atomic mass is 10.2. The van der Waals surface area contributed by atoms with Gasteiger partial charge in [0.25, 0.3) is 5.91 Å². The molecule has 17 heavy (non-hydrogen) atoms. The summed E-state index contributed by atoms with van der Waals surface area (Å²) in [6.07, 6.45) is 3.15. The summed E-state index contributed by atoms with van der Waals surface area (Å²) in [4.78, 5) is 16.0. The average molecular weight is 233 g/mol. The Morgan fingerprint density at radius 1 is 1.53 bits per heavy atom. The van der Waals surface area contributed by atoms with Gasteiger partial charge in [0.15, 0.2) is 5.65 Å². The Kier molecular flexibility index (Phi) is 2.59. The van der Waals surface area contributed by atoms with Crippen LogP contribution in [-0.2, 0) is 0 Å². The van der Waals surface area contributed by atoms with Crippen LogP contribution in [0.1, 0.15) is 29.9 Å². The Labute approximate surface area is 98.8 Å². The number of hydrogen-bond acceptors (Lipinski definition) is 4. The standard InChI is InChI=1S/C11H15N5O/c1-7-4-9-13-5-8(6-16(9)15-7)10(17)14-11(2,3)12/h4-6H,12H2,1-3H3,(H,14,17). The Bertz CT molecular complexity index is 567. The highest BCUT2D eigenvalue weighted by Gasteiger charge is 2.16. The minimum Gasteiger partial charge on any atom is -0.335 e. The van der Waals surface area contributed by atoms with Crippen LogP contribution in [0.15, 0.2) is 18.5 Å². The molecule has 0 unspecified atom stereocenters. The Morgan fingerprint density at radius 3 is 2.88 bits per heavy atom. The van der Waals surface area contributed by atoms with E-state index in [1.54, 1.807) is 24.6 Å². The van der Waals surface area contributed by atoms with Crippen LogP contribution in [0.2, 0.25) is 0 Å². The van der Waals surface area contributed by atoms with Crippen LogP contribution in [0.5, 0.6) is 0 Å². The maximum Gasteiger partial charge on any atom is 0.255 e. The van der Waals surface area contributed by atoms with Gasteiger partial charge in [-0.1, -0.05) is 0 Å². The molecule has 2 rings (SSSR count). The summed E-state index contributed by atoms with van der Waals surface area (Å²) in [7, 11) is 0. The lowest BCUT2D eigenvalue weighted by Crippen LogP contribution is -2.50. The Hall–Kier alpha value is -1.95. The first-order valence-electron chi connectivity index (χ1n) is 5.28. The molecule has 0 radical (unpaired) electrons. The van der Waals surface area contributed by atoms with Gasteiger partial charge in [-0.05, 0) is 20.8 Å².